The van der Waals surface area contributed by atoms with E-state index >= 15 is 0 Å². The van der Waals surface area contributed by atoms with E-state index in [-0.39, 0.29) is 6.54 Å². The molecule has 1 saturated heterocycles. The Balaban J connectivity index is 1.29. The standard InChI is InChI=1S/C28H37FN8O2/c1-21(2)30-10-4-11-31-26-8-7-23(18-33-26)25-9-12-32-28(35-25)34-24-6-3-5-22(17-24)19-36-13-15-37(16-14-36)20-27(38)39-29/h3,5-9,12,17-18,21,30H,4,10-11,13-16,19-20H2,1-2H3,(H,31,33)(H,32,34,35). The Morgan fingerprint density at radius 2 is 1.87 bits per heavy atom. The summed E-state index contributed by atoms with van der Waals surface area (Å²) >= 11 is 0. The van der Waals surface area contributed by atoms with Gasteiger partial charge < -0.3 is 16.0 Å². The molecule has 4 rings (SSSR count). The lowest BCUT2D eigenvalue weighted by molar-refractivity contribution is -0.185. The number of nitrogens with one attached hydrogen (secondary N) is 3. The van der Waals surface area contributed by atoms with Crippen molar-refractivity contribution in [2.75, 3.05) is 56.4 Å². The van der Waals surface area contributed by atoms with Crippen molar-refractivity contribution in [1.82, 2.24) is 30.1 Å². The van der Waals surface area contributed by atoms with Crippen molar-refractivity contribution in [2.45, 2.75) is 32.9 Å². The normalized spacial score (nSPS) is 14.4. The van der Waals surface area contributed by atoms with Crippen molar-refractivity contribution in [1.29, 1.82) is 0 Å². The highest BCUT2D eigenvalue weighted by Gasteiger charge is 2.20. The zero-order chi connectivity index (χ0) is 27.5. The number of hydrogen-bond acceptors (Lipinski definition) is 10. The van der Waals surface area contributed by atoms with Crippen LogP contribution in [0, 0.1) is 0 Å². The van der Waals surface area contributed by atoms with Crippen molar-refractivity contribution in [2.24, 2.45) is 0 Å². The summed E-state index contributed by atoms with van der Waals surface area (Å²) in [7, 11) is 0. The maximum Gasteiger partial charge on any atom is 0.362 e. The van der Waals surface area contributed by atoms with Crippen molar-refractivity contribution in [3.63, 3.8) is 0 Å². The predicted molar refractivity (Wildman–Crippen MR) is 150 cm³/mol. The number of nitrogens with zero attached hydrogens (tertiary/aromatic N) is 5. The molecule has 0 atom stereocenters. The molecule has 3 heterocycles. The summed E-state index contributed by atoms with van der Waals surface area (Å²) in [5.74, 6) is 0.508. The molecule has 0 spiro atoms. The Kier molecular flexibility index (Phi) is 10.5. The minimum absolute atomic E-state index is 0.0175. The Bertz CT molecular complexity index is 1190. The Hall–Kier alpha value is -3.67. The van der Waals surface area contributed by atoms with E-state index in [9.17, 15) is 9.32 Å². The molecule has 0 unspecified atom stereocenters. The summed E-state index contributed by atoms with van der Waals surface area (Å²) < 4.78 is 12.0. The fourth-order valence-electron chi connectivity index (χ4n) is 4.37. The topological polar surface area (TPSA) is 108 Å². The van der Waals surface area contributed by atoms with Gasteiger partial charge in [-0.15, -0.1) is 0 Å². The average Bonchev–Trinajstić information content (AvgIpc) is 2.94. The highest BCUT2D eigenvalue weighted by atomic mass is 19.3. The SMILES string of the molecule is CC(C)NCCCNc1ccc(-c2ccnc(Nc3cccc(CN4CCN(CC(=O)OF)CC4)c3)n2)cn1. The molecule has 11 heteroatoms. The van der Waals surface area contributed by atoms with Gasteiger partial charge in [-0.2, -0.15) is 0 Å². The molecule has 0 bridgehead atoms. The second kappa shape index (κ2) is 14.5. The molecule has 2 aromatic heterocycles. The second-order valence-corrected chi connectivity index (χ2v) is 9.91. The molecule has 0 saturated carbocycles. The molecule has 0 radical (unpaired) electrons. The lowest BCUT2D eigenvalue weighted by atomic mass is 10.1. The number of carbonyl (C=O) groups is 1. The summed E-state index contributed by atoms with van der Waals surface area (Å²) in [4.78, 5) is 32.2. The third kappa shape index (κ3) is 9.24. The highest BCUT2D eigenvalue weighted by molar-refractivity contribution is 5.70. The quantitative estimate of drug-likeness (QED) is 0.280. The molecular weight excluding hydrogens is 499 g/mol. The van der Waals surface area contributed by atoms with Gasteiger partial charge in [0.1, 0.15) is 12.4 Å². The van der Waals surface area contributed by atoms with Crippen molar-refractivity contribution in [3.05, 3.63) is 60.4 Å². The summed E-state index contributed by atoms with van der Waals surface area (Å²) in [5, 5.41) is 10.1. The van der Waals surface area contributed by atoms with E-state index < -0.39 is 5.97 Å². The van der Waals surface area contributed by atoms with Crippen LogP contribution in [-0.2, 0) is 16.3 Å². The van der Waals surface area contributed by atoms with E-state index in [2.05, 4.69) is 66.7 Å². The van der Waals surface area contributed by atoms with Gasteiger partial charge in [-0.05, 0) is 48.9 Å². The van der Waals surface area contributed by atoms with Crippen LogP contribution in [-0.4, -0.2) is 82.6 Å². The largest absolute Gasteiger partial charge is 0.370 e. The van der Waals surface area contributed by atoms with Crippen LogP contribution in [0.15, 0.2) is 54.9 Å². The van der Waals surface area contributed by atoms with Gasteiger partial charge in [0.15, 0.2) is 0 Å². The molecule has 0 amide bonds. The first-order valence-corrected chi connectivity index (χ1v) is 13.4. The number of piperazine rings is 1. The van der Waals surface area contributed by atoms with Crippen LogP contribution >= 0.6 is 0 Å². The fourth-order valence-corrected chi connectivity index (χ4v) is 4.37. The average molecular weight is 537 g/mol. The number of aromatic nitrogens is 3. The van der Waals surface area contributed by atoms with Crippen molar-refractivity contribution in [3.8, 4) is 11.3 Å². The summed E-state index contributed by atoms with van der Waals surface area (Å²) in [5.41, 5.74) is 3.76. The lowest BCUT2D eigenvalue weighted by Crippen LogP contribution is -2.47. The van der Waals surface area contributed by atoms with Crippen LogP contribution in [0.3, 0.4) is 0 Å². The fraction of sp³-hybridized carbons (Fsp3) is 0.429. The second-order valence-electron chi connectivity index (χ2n) is 9.91. The van der Waals surface area contributed by atoms with Gasteiger partial charge in [0.2, 0.25) is 5.95 Å². The highest BCUT2D eigenvalue weighted by Crippen LogP contribution is 2.21. The molecule has 1 aliphatic heterocycles. The van der Waals surface area contributed by atoms with Crippen LogP contribution < -0.4 is 16.0 Å². The first-order valence-electron chi connectivity index (χ1n) is 13.4. The molecule has 1 aromatic carbocycles. The van der Waals surface area contributed by atoms with E-state index in [1.807, 2.05) is 41.4 Å². The third-order valence-electron chi connectivity index (χ3n) is 6.42. The number of pyridine rings is 1. The molecule has 0 aliphatic carbocycles. The molecule has 1 aliphatic rings. The number of rotatable bonds is 13. The van der Waals surface area contributed by atoms with Gasteiger partial charge in [-0.1, -0.05) is 26.0 Å². The lowest BCUT2D eigenvalue weighted by Gasteiger charge is -2.33. The Morgan fingerprint density at radius 3 is 2.62 bits per heavy atom. The van der Waals surface area contributed by atoms with Gasteiger partial charge in [0.25, 0.3) is 0 Å². The maximum atomic E-state index is 12.0. The summed E-state index contributed by atoms with van der Waals surface area (Å²) in [6, 6.07) is 14.5. The van der Waals surface area contributed by atoms with Crippen LogP contribution in [0.1, 0.15) is 25.8 Å². The summed E-state index contributed by atoms with van der Waals surface area (Å²) in [6.07, 6.45) is 4.59. The molecule has 10 nitrogen and oxygen atoms in total. The molecule has 3 aromatic rings. The number of hydrogen-bond donors (Lipinski definition) is 3. The van der Waals surface area contributed by atoms with E-state index in [0.717, 1.165) is 67.5 Å². The molecular formula is C28H37FN8O2. The molecule has 208 valence electrons. The zero-order valence-corrected chi connectivity index (χ0v) is 22.6. The first kappa shape index (κ1) is 28.3. The molecule has 39 heavy (non-hydrogen) atoms. The summed E-state index contributed by atoms with van der Waals surface area (Å²) in [6.45, 7) is 9.85. The minimum Gasteiger partial charge on any atom is -0.370 e. The van der Waals surface area contributed by atoms with E-state index in [1.165, 1.54) is 0 Å². The van der Waals surface area contributed by atoms with Crippen molar-refractivity contribution < 1.29 is 14.3 Å². The van der Waals surface area contributed by atoms with E-state index in [4.69, 9.17) is 0 Å². The number of carbonyl (C=O) groups excluding carboxylic acids is 1. The minimum atomic E-state index is -0.848. The molecule has 3 N–H and O–H groups in total. The molecule has 1 fully saturated rings. The van der Waals surface area contributed by atoms with Gasteiger partial charge >= 0.3 is 5.97 Å². The Labute approximate surface area is 228 Å². The number of anilines is 3. The van der Waals surface area contributed by atoms with Crippen LogP contribution in [0.5, 0.6) is 0 Å². The maximum absolute atomic E-state index is 12.0. The Morgan fingerprint density at radius 1 is 1.05 bits per heavy atom. The third-order valence-corrected chi connectivity index (χ3v) is 6.42. The number of halogens is 1. The van der Waals surface area contributed by atoms with Gasteiger partial charge in [-0.3, -0.25) is 14.7 Å². The monoisotopic (exact) mass is 536 g/mol. The van der Waals surface area contributed by atoms with Crippen LogP contribution in [0.25, 0.3) is 11.3 Å². The smallest absolute Gasteiger partial charge is 0.362 e. The van der Waals surface area contributed by atoms with Crippen LogP contribution in [0.4, 0.5) is 22.0 Å². The number of benzene rings is 1. The first-order chi connectivity index (χ1) is 19.0. The van der Waals surface area contributed by atoms with Crippen molar-refractivity contribution >= 4 is 23.4 Å². The van der Waals surface area contributed by atoms with Gasteiger partial charge in [0.05, 0.1) is 5.69 Å². The zero-order valence-electron chi connectivity index (χ0n) is 22.6. The van der Waals surface area contributed by atoms with Gasteiger partial charge in [-0.25, -0.2) is 19.7 Å². The van der Waals surface area contributed by atoms with E-state index in [0.29, 0.717) is 25.1 Å². The van der Waals surface area contributed by atoms with Crippen LogP contribution in [0.2, 0.25) is 0 Å². The predicted octanol–water partition coefficient (Wildman–Crippen LogP) is 3.63. The van der Waals surface area contributed by atoms with Gasteiger partial charge in [0, 0.05) is 73.5 Å². The van der Waals surface area contributed by atoms with E-state index in [1.54, 1.807) is 6.20 Å².